The number of thioether (sulfide) groups is 1. The second-order valence-corrected chi connectivity index (χ2v) is 7.64. The standard InChI is InChI=1S/C20H22N2O7S/c1-2-28-14-7-5-6-13(18(14)29-12-17(24)25)10-15-19(26)22(20(27)30-15)11-16(23)21-8-3-4-9-21/h5-7,10H,2-4,8-9,11-12H2,1H3,(H,24,25)/b15-10-. The number of rotatable bonds is 8. The Labute approximate surface area is 177 Å². The summed E-state index contributed by atoms with van der Waals surface area (Å²) in [4.78, 5) is 51.0. The van der Waals surface area contributed by atoms with Gasteiger partial charge in [0.15, 0.2) is 18.1 Å². The molecule has 2 fully saturated rings. The molecule has 0 aromatic heterocycles. The normalized spacial score (nSPS) is 17.7. The van der Waals surface area contributed by atoms with Crippen molar-refractivity contribution in [3.63, 3.8) is 0 Å². The van der Waals surface area contributed by atoms with Crippen molar-refractivity contribution in [1.29, 1.82) is 0 Å². The number of para-hydroxylation sites is 1. The maximum atomic E-state index is 12.7. The summed E-state index contributed by atoms with van der Waals surface area (Å²) in [5.74, 6) is -1.48. The van der Waals surface area contributed by atoms with Crippen LogP contribution in [0, 0.1) is 0 Å². The van der Waals surface area contributed by atoms with Gasteiger partial charge in [-0.3, -0.25) is 19.3 Å². The molecule has 0 radical (unpaired) electrons. The molecular formula is C20H22N2O7S. The van der Waals surface area contributed by atoms with Gasteiger partial charge in [0.05, 0.1) is 11.5 Å². The maximum Gasteiger partial charge on any atom is 0.341 e. The van der Waals surface area contributed by atoms with E-state index in [1.165, 1.54) is 6.08 Å². The number of carbonyl (C=O) groups is 4. The highest BCUT2D eigenvalue weighted by molar-refractivity contribution is 8.18. The molecular weight excluding hydrogens is 412 g/mol. The van der Waals surface area contributed by atoms with Crippen LogP contribution in [0.15, 0.2) is 23.1 Å². The highest BCUT2D eigenvalue weighted by Gasteiger charge is 2.37. The van der Waals surface area contributed by atoms with E-state index in [-0.39, 0.29) is 23.1 Å². The van der Waals surface area contributed by atoms with Crippen LogP contribution in [0.25, 0.3) is 6.08 Å². The molecule has 10 heteroatoms. The monoisotopic (exact) mass is 434 g/mol. The second-order valence-electron chi connectivity index (χ2n) is 6.65. The molecule has 1 aromatic rings. The minimum atomic E-state index is -1.16. The Balaban J connectivity index is 1.82. The van der Waals surface area contributed by atoms with E-state index in [0.717, 1.165) is 29.5 Å². The zero-order chi connectivity index (χ0) is 21.7. The van der Waals surface area contributed by atoms with E-state index in [2.05, 4.69) is 0 Å². The minimum Gasteiger partial charge on any atom is -0.490 e. The third-order valence-electron chi connectivity index (χ3n) is 4.56. The predicted molar refractivity (Wildman–Crippen MR) is 109 cm³/mol. The van der Waals surface area contributed by atoms with Crippen molar-refractivity contribution in [3.05, 3.63) is 28.7 Å². The number of ether oxygens (including phenoxy) is 2. The number of hydrogen-bond acceptors (Lipinski definition) is 7. The summed E-state index contributed by atoms with van der Waals surface area (Å²) in [6.45, 7) is 2.51. The smallest absolute Gasteiger partial charge is 0.341 e. The second kappa shape index (κ2) is 9.66. The molecule has 1 aromatic carbocycles. The molecule has 0 bridgehead atoms. The number of imide groups is 1. The number of carbonyl (C=O) groups excluding carboxylic acids is 3. The van der Waals surface area contributed by atoms with Gasteiger partial charge >= 0.3 is 5.97 Å². The largest absolute Gasteiger partial charge is 0.490 e. The fourth-order valence-corrected chi connectivity index (χ4v) is 4.01. The Morgan fingerprint density at radius 3 is 2.60 bits per heavy atom. The van der Waals surface area contributed by atoms with Crippen LogP contribution in [0.3, 0.4) is 0 Å². The number of benzene rings is 1. The zero-order valence-corrected chi connectivity index (χ0v) is 17.3. The van der Waals surface area contributed by atoms with Gasteiger partial charge in [-0.2, -0.15) is 0 Å². The first-order chi connectivity index (χ1) is 14.4. The molecule has 0 atom stereocenters. The number of nitrogens with zero attached hydrogens (tertiary/aromatic N) is 2. The Morgan fingerprint density at radius 1 is 1.20 bits per heavy atom. The summed E-state index contributed by atoms with van der Waals surface area (Å²) >= 11 is 0.729. The van der Waals surface area contributed by atoms with Crippen LogP contribution < -0.4 is 9.47 Å². The highest BCUT2D eigenvalue weighted by Crippen LogP contribution is 2.37. The third-order valence-corrected chi connectivity index (χ3v) is 5.47. The molecule has 2 saturated heterocycles. The first-order valence-electron chi connectivity index (χ1n) is 9.54. The van der Waals surface area contributed by atoms with Crippen LogP contribution >= 0.6 is 11.8 Å². The molecule has 3 rings (SSSR count). The van der Waals surface area contributed by atoms with Gasteiger partial charge < -0.3 is 19.5 Å². The van der Waals surface area contributed by atoms with E-state index < -0.39 is 23.7 Å². The lowest BCUT2D eigenvalue weighted by Gasteiger charge is -2.18. The van der Waals surface area contributed by atoms with Crippen molar-refractivity contribution in [2.24, 2.45) is 0 Å². The van der Waals surface area contributed by atoms with Gasteiger partial charge in [-0.1, -0.05) is 12.1 Å². The van der Waals surface area contributed by atoms with E-state index in [4.69, 9.17) is 14.6 Å². The first kappa shape index (κ1) is 21.7. The summed E-state index contributed by atoms with van der Waals surface area (Å²) in [6, 6.07) is 4.92. The highest BCUT2D eigenvalue weighted by atomic mass is 32.2. The average Bonchev–Trinajstić information content (AvgIpc) is 3.32. The third kappa shape index (κ3) is 4.93. The summed E-state index contributed by atoms with van der Waals surface area (Å²) in [7, 11) is 0. The summed E-state index contributed by atoms with van der Waals surface area (Å²) < 4.78 is 10.9. The van der Waals surface area contributed by atoms with Crippen LogP contribution in [0.1, 0.15) is 25.3 Å². The van der Waals surface area contributed by atoms with Gasteiger partial charge in [-0.05, 0) is 43.7 Å². The summed E-state index contributed by atoms with van der Waals surface area (Å²) in [5, 5.41) is 8.41. The Morgan fingerprint density at radius 2 is 1.93 bits per heavy atom. The number of carboxylic acids is 1. The van der Waals surface area contributed by atoms with Gasteiger partial charge in [0.2, 0.25) is 5.91 Å². The molecule has 2 aliphatic heterocycles. The number of likely N-dealkylation sites (tertiary alicyclic amines) is 1. The van der Waals surface area contributed by atoms with E-state index in [1.807, 2.05) is 0 Å². The Hall–Kier alpha value is -3.01. The molecule has 160 valence electrons. The lowest BCUT2D eigenvalue weighted by atomic mass is 10.1. The summed E-state index contributed by atoms with van der Waals surface area (Å²) in [6.07, 6.45) is 3.29. The molecule has 2 heterocycles. The van der Waals surface area contributed by atoms with Crippen molar-refractivity contribution >= 4 is 40.9 Å². The van der Waals surface area contributed by atoms with Crippen molar-refractivity contribution in [2.75, 3.05) is 32.8 Å². The topological polar surface area (TPSA) is 113 Å². The van der Waals surface area contributed by atoms with Gasteiger partial charge in [0.25, 0.3) is 11.1 Å². The van der Waals surface area contributed by atoms with Gasteiger partial charge in [0, 0.05) is 18.7 Å². The lowest BCUT2D eigenvalue weighted by molar-refractivity contribution is -0.139. The predicted octanol–water partition coefficient (Wildman–Crippen LogP) is 2.21. The summed E-state index contributed by atoms with van der Waals surface area (Å²) in [5.41, 5.74) is 0.401. The molecule has 1 N–H and O–H groups in total. The van der Waals surface area contributed by atoms with Crippen LogP contribution in [-0.4, -0.2) is 70.8 Å². The van der Waals surface area contributed by atoms with Crippen molar-refractivity contribution < 1.29 is 33.8 Å². The van der Waals surface area contributed by atoms with Crippen LogP contribution in [0.4, 0.5) is 4.79 Å². The fourth-order valence-electron chi connectivity index (χ4n) is 3.18. The van der Waals surface area contributed by atoms with E-state index in [0.29, 0.717) is 31.0 Å². The molecule has 9 nitrogen and oxygen atoms in total. The first-order valence-corrected chi connectivity index (χ1v) is 10.4. The zero-order valence-electron chi connectivity index (χ0n) is 16.5. The Kier molecular flexibility index (Phi) is 6.99. The van der Waals surface area contributed by atoms with Crippen LogP contribution in [0.2, 0.25) is 0 Å². The van der Waals surface area contributed by atoms with Crippen molar-refractivity contribution in [1.82, 2.24) is 9.80 Å². The number of amides is 3. The van der Waals surface area contributed by atoms with Crippen LogP contribution in [0.5, 0.6) is 11.5 Å². The van der Waals surface area contributed by atoms with Gasteiger partial charge in [0.1, 0.15) is 6.54 Å². The number of carboxylic acid groups (broad SMARTS) is 1. The van der Waals surface area contributed by atoms with Crippen LogP contribution in [-0.2, 0) is 14.4 Å². The van der Waals surface area contributed by atoms with E-state index in [9.17, 15) is 19.2 Å². The molecule has 0 saturated carbocycles. The van der Waals surface area contributed by atoms with Crippen molar-refractivity contribution in [3.8, 4) is 11.5 Å². The van der Waals surface area contributed by atoms with Gasteiger partial charge in [-0.25, -0.2) is 4.79 Å². The molecule has 0 spiro atoms. The number of hydrogen-bond donors (Lipinski definition) is 1. The quantitative estimate of drug-likeness (QED) is 0.620. The van der Waals surface area contributed by atoms with Crippen molar-refractivity contribution in [2.45, 2.75) is 19.8 Å². The number of aliphatic carboxylic acids is 1. The Bertz CT molecular complexity index is 893. The average molecular weight is 434 g/mol. The fraction of sp³-hybridized carbons (Fsp3) is 0.400. The molecule has 3 amide bonds. The molecule has 0 aliphatic carbocycles. The SMILES string of the molecule is CCOc1cccc(/C=C2\SC(=O)N(CC(=O)N3CCCC3)C2=O)c1OCC(=O)O. The van der Waals surface area contributed by atoms with E-state index in [1.54, 1.807) is 30.0 Å². The molecule has 2 aliphatic rings. The van der Waals surface area contributed by atoms with Gasteiger partial charge in [-0.15, -0.1) is 0 Å². The van der Waals surface area contributed by atoms with E-state index >= 15 is 0 Å². The maximum absolute atomic E-state index is 12.7. The molecule has 30 heavy (non-hydrogen) atoms. The minimum absolute atomic E-state index is 0.128. The molecule has 0 unspecified atom stereocenters. The lowest BCUT2D eigenvalue weighted by Crippen LogP contribution is -2.40.